The smallest absolute Gasteiger partial charge is 0.387 e. The number of nitrogens with one attached hydrogen (secondary N) is 1. The van der Waals surface area contributed by atoms with Gasteiger partial charge in [-0.1, -0.05) is 30.3 Å². The normalized spacial score (nSPS) is 12.7. The van der Waals surface area contributed by atoms with Gasteiger partial charge in [-0.15, -0.1) is 0 Å². The zero-order valence-electron chi connectivity index (χ0n) is 11.7. The third-order valence-corrected chi connectivity index (χ3v) is 3.19. The van der Waals surface area contributed by atoms with E-state index in [1.54, 1.807) is 30.3 Å². The lowest BCUT2D eigenvalue weighted by Crippen LogP contribution is -2.14. The Bertz CT molecular complexity index is 690. The molecule has 0 aliphatic rings. The molecule has 0 saturated carbocycles. The van der Waals surface area contributed by atoms with Gasteiger partial charge in [0.2, 0.25) is 0 Å². The van der Waals surface area contributed by atoms with Crippen molar-refractivity contribution in [3.8, 4) is 0 Å². The van der Waals surface area contributed by atoms with Gasteiger partial charge in [0.05, 0.1) is 16.6 Å². The second-order valence-electron chi connectivity index (χ2n) is 4.79. The first kappa shape index (κ1) is 16.8. The molecule has 0 fully saturated rings. The minimum atomic E-state index is -4.66. The van der Waals surface area contributed by atoms with Crippen molar-refractivity contribution in [1.82, 2.24) is 0 Å². The summed E-state index contributed by atoms with van der Waals surface area (Å²) in [5, 5.41) is 23.5. The zero-order valence-corrected chi connectivity index (χ0v) is 11.7. The van der Waals surface area contributed by atoms with Crippen LogP contribution < -0.4 is 5.32 Å². The van der Waals surface area contributed by atoms with Crippen molar-refractivity contribution in [2.24, 2.45) is 0 Å². The zero-order chi connectivity index (χ0) is 17.0. The van der Waals surface area contributed by atoms with Crippen LogP contribution in [0, 0.1) is 10.1 Å². The number of nitro groups is 1. The molecule has 0 aromatic heterocycles. The first-order valence-electron chi connectivity index (χ1n) is 6.61. The Morgan fingerprint density at radius 1 is 1.17 bits per heavy atom. The first-order valence-corrected chi connectivity index (χ1v) is 6.61. The number of anilines is 1. The second kappa shape index (κ2) is 6.66. The molecule has 8 heteroatoms. The van der Waals surface area contributed by atoms with E-state index in [4.69, 9.17) is 0 Å². The lowest BCUT2D eigenvalue weighted by molar-refractivity contribution is -0.384. The Labute approximate surface area is 129 Å². The van der Waals surface area contributed by atoms with E-state index >= 15 is 0 Å². The van der Waals surface area contributed by atoms with Crippen LogP contribution in [0.3, 0.4) is 0 Å². The van der Waals surface area contributed by atoms with Crippen LogP contribution >= 0.6 is 0 Å². The number of hydrogen-bond donors (Lipinski definition) is 2. The highest BCUT2D eigenvalue weighted by Gasteiger charge is 2.33. The van der Waals surface area contributed by atoms with E-state index in [2.05, 4.69) is 5.32 Å². The highest BCUT2D eigenvalue weighted by molar-refractivity contribution is 5.63. The fourth-order valence-electron chi connectivity index (χ4n) is 2.01. The van der Waals surface area contributed by atoms with Gasteiger partial charge in [-0.25, -0.2) is 0 Å². The molecule has 2 aromatic carbocycles. The monoisotopic (exact) mass is 326 g/mol. The Morgan fingerprint density at radius 3 is 2.39 bits per heavy atom. The molecule has 5 nitrogen and oxygen atoms in total. The molecule has 0 heterocycles. The van der Waals surface area contributed by atoms with Gasteiger partial charge in [0.25, 0.3) is 5.69 Å². The summed E-state index contributed by atoms with van der Waals surface area (Å²) in [5.41, 5.74) is -1.29. The van der Waals surface area contributed by atoms with Crippen LogP contribution in [-0.2, 0) is 6.18 Å². The molecular weight excluding hydrogens is 313 g/mol. The van der Waals surface area contributed by atoms with Gasteiger partial charge < -0.3 is 10.4 Å². The Hall–Kier alpha value is -2.61. The molecule has 23 heavy (non-hydrogen) atoms. The summed E-state index contributed by atoms with van der Waals surface area (Å²) in [5.74, 6) is 0. The number of alkyl halides is 3. The summed E-state index contributed by atoms with van der Waals surface area (Å²) in [7, 11) is 0. The van der Waals surface area contributed by atoms with Crippen molar-refractivity contribution in [3.05, 3.63) is 69.8 Å². The van der Waals surface area contributed by atoms with E-state index in [9.17, 15) is 28.4 Å². The molecule has 122 valence electrons. The maximum absolute atomic E-state index is 12.6. The highest BCUT2D eigenvalue weighted by Crippen LogP contribution is 2.35. The van der Waals surface area contributed by atoms with Crippen molar-refractivity contribution < 1.29 is 23.2 Å². The number of hydrogen-bond acceptors (Lipinski definition) is 4. The molecule has 0 bridgehead atoms. The molecule has 2 rings (SSSR count). The fourth-order valence-corrected chi connectivity index (χ4v) is 2.01. The standard InChI is InChI=1S/C15H13F3N2O3/c16-15(17,18)11-6-7-12(13(8-11)20(22)23)19-9-14(21)10-4-2-1-3-5-10/h1-8,14,19,21H,9H2. The molecule has 0 saturated heterocycles. The molecule has 2 N–H and O–H groups in total. The third-order valence-electron chi connectivity index (χ3n) is 3.19. The molecule has 1 atom stereocenters. The average molecular weight is 326 g/mol. The second-order valence-corrected chi connectivity index (χ2v) is 4.79. The third kappa shape index (κ3) is 4.19. The van der Waals surface area contributed by atoms with Gasteiger partial charge in [-0.2, -0.15) is 13.2 Å². The van der Waals surface area contributed by atoms with Crippen molar-refractivity contribution in [3.63, 3.8) is 0 Å². The van der Waals surface area contributed by atoms with Gasteiger partial charge in [-0.3, -0.25) is 10.1 Å². The van der Waals surface area contributed by atoms with E-state index in [1.165, 1.54) is 0 Å². The Morgan fingerprint density at radius 2 is 1.83 bits per heavy atom. The largest absolute Gasteiger partial charge is 0.416 e. The van der Waals surface area contributed by atoms with Crippen LogP contribution in [0.5, 0.6) is 0 Å². The quantitative estimate of drug-likeness (QED) is 0.648. The minimum absolute atomic E-state index is 0.0732. The van der Waals surface area contributed by atoms with Gasteiger partial charge in [0, 0.05) is 12.6 Å². The summed E-state index contributed by atoms with van der Waals surface area (Å²) in [6.45, 7) is -0.0732. The fraction of sp³-hybridized carbons (Fsp3) is 0.200. The van der Waals surface area contributed by atoms with Gasteiger partial charge in [-0.05, 0) is 17.7 Å². The van der Waals surface area contributed by atoms with Crippen LogP contribution in [0.25, 0.3) is 0 Å². The molecule has 2 aromatic rings. The summed E-state index contributed by atoms with van der Waals surface area (Å²) in [4.78, 5) is 10.1. The number of nitro benzene ring substituents is 1. The molecule has 0 amide bonds. The van der Waals surface area contributed by atoms with Gasteiger partial charge in [0.1, 0.15) is 5.69 Å². The summed E-state index contributed by atoms with van der Waals surface area (Å²) in [6, 6.07) is 10.8. The molecule has 0 spiro atoms. The molecule has 1 unspecified atom stereocenters. The van der Waals surface area contributed by atoms with Crippen LogP contribution in [0.4, 0.5) is 24.5 Å². The number of halogens is 3. The SMILES string of the molecule is O=[N+]([O-])c1cc(C(F)(F)F)ccc1NCC(O)c1ccccc1. The van der Waals surface area contributed by atoms with Crippen LogP contribution in [0.1, 0.15) is 17.2 Å². The van der Waals surface area contributed by atoms with Gasteiger partial charge >= 0.3 is 6.18 Å². The molecule has 0 aliphatic heterocycles. The summed E-state index contributed by atoms with van der Waals surface area (Å²) >= 11 is 0. The van der Waals surface area contributed by atoms with Crippen molar-refractivity contribution >= 4 is 11.4 Å². The number of benzene rings is 2. The molecule has 0 aliphatic carbocycles. The lowest BCUT2D eigenvalue weighted by atomic mass is 10.1. The Balaban J connectivity index is 2.18. The van der Waals surface area contributed by atoms with Crippen molar-refractivity contribution in [2.75, 3.05) is 11.9 Å². The van der Waals surface area contributed by atoms with Crippen LogP contribution in [-0.4, -0.2) is 16.6 Å². The predicted molar refractivity (Wildman–Crippen MR) is 78.0 cm³/mol. The minimum Gasteiger partial charge on any atom is -0.387 e. The summed E-state index contributed by atoms with van der Waals surface area (Å²) < 4.78 is 37.8. The van der Waals surface area contributed by atoms with Crippen LogP contribution in [0.15, 0.2) is 48.5 Å². The van der Waals surface area contributed by atoms with E-state index in [0.717, 1.165) is 12.1 Å². The molecular formula is C15H13F3N2O3. The average Bonchev–Trinajstić information content (AvgIpc) is 2.52. The highest BCUT2D eigenvalue weighted by atomic mass is 19.4. The Kier molecular flexibility index (Phi) is 4.85. The first-order chi connectivity index (χ1) is 10.8. The number of nitrogens with zero attached hydrogens (tertiary/aromatic N) is 1. The van der Waals surface area contributed by atoms with Gasteiger partial charge in [0.15, 0.2) is 0 Å². The lowest BCUT2D eigenvalue weighted by Gasteiger charge is -2.14. The maximum atomic E-state index is 12.6. The van der Waals surface area contributed by atoms with Crippen LogP contribution in [0.2, 0.25) is 0 Å². The predicted octanol–water partition coefficient (Wildman–Crippen LogP) is 3.76. The molecule has 0 radical (unpaired) electrons. The topological polar surface area (TPSA) is 75.4 Å². The van der Waals surface area contributed by atoms with Crippen molar-refractivity contribution in [2.45, 2.75) is 12.3 Å². The van der Waals surface area contributed by atoms with E-state index < -0.39 is 28.5 Å². The number of aliphatic hydroxyl groups excluding tert-OH is 1. The number of aliphatic hydroxyl groups is 1. The van der Waals surface area contributed by atoms with Crippen molar-refractivity contribution in [1.29, 1.82) is 0 Å². The number of rotatable bonds is 5. The van der Waals surface area contributed by atoms with E-state index in [-0.39, 0.29) is 12.2 Å². The summed E-state index contributed by atoms with van der Waals surface area (Å²) in [6.07, 6.45) is -5.61. The van der Waals surface area contributed by atoms with E-state index in [0.29, 0.717) is 11.6 Å². The van der Waals surface area contributed by atoms with E-state index in [1.807, 2.05) is 0 Å². The maximum Gasteiger partial charge on any atom is 0.416 e.